The second-order valence-electron chi connectivity index (χ2n) is 5.70. The summed E-state index contributed by atoms with van der Waals surface area (Å²) in [6.45, 7) is 8.50. The highest BCUT2D eigenvalue weighted by atomic mass is 28.4. The first-order valence-corrected chi connectivity index (χ1v) is 9.61. The van der Waals surface area contributed by atoms with Crippen LogP contribution < -0.4 is 0 Å². The lowest BCUT2D eigenvalue weighted by Gasteiger charge is -2.30. The Morgan fingerprint density at radius 1 is 1.47 bits per heavy atom. The fraction of sp³-hybridized carbons (Fsp3) is 0.600. The number of allylic oxidation sites excluding steroid dienone is 2. The predicted molar refractivity (Wildman–Crippen MR) is 76.0 cm³/mol. The molecular formula is C15H22OSi. The summed E-state index contributed by atoms with van der Waals surface area (Å²) in [7, 11) is -1.62. The standard InChI is InChI=1S/C15H22OSi/c1-6-12-15(2,16-17(3,4)5)13-11-14-9-7-8-10-14/h1,9H,7-8,10,12H2,2-5H3/t15-/m0/s1. The Morgan fingerprint density at radius 2 is 2.18 bits per heavy atom. The van der Waals surface area contributed by atoms with Crippen molar-refractivity contribution in [3.8, 4) is 24.2 Å². The van der Waals surface area contributed by atoms with Crippen molar-refractivity contribution in [1.82, 2.24) is 0 Å². The molecule has 0 bridgehead atoms. The Bertz CT molecular complexity index is 397. The quantitative estimate of drug-likeness (QED) is 0.544. The Labute approximate surface area is 107 Å². The van der Waals surface area contributed by atoms with Crippen LogP contribution in [0, 0.1) is 24.2 Å². The summed E-state index contributed by atoms with van der Waals surface area (Å²) in [5.74, 6) is 9.17. The van der Waals surface area contributed by atoms with Gasteiger partial charge in [-0.3, -0.25) is 0 Å². The smallest absolute Gasteiger partial charge is 0.185 e. The van der Waals surface area contributed by atoms with Gasteiger partial charge in [-0.15, -0.1) is 12.3 Å². The van der Waals surface area contributed by atoms with Crippen LogP contribution in [0.25, 0.3) is 0 Å². The molecule has 0 aromatic heterocycles. The first-order valence-electron chi connectivity index (χ1n) is 6.20. The molecule has 0 aromatic rings. The van der Waals surface area contributed by atoms with Crippen LogP contribution in [0.2, 0.25) is 19.6 Å². The van der Waals surface area contributed by atoms with Crippen LogP contribution in [0.4, 0.5) is 0 Å². The van der Waals surface area contributed by atoms with E-state index in [0.29, 0.717) is 6.42 Å². The third kappa shape index (κ3) is 5.26. The summed E-state index contributed by atoms with van der Waals surface area (Å²) in [4.78, 5) is 0. The van der Waals surface area contributed by atoms with Crippen LogP contribution >= 0.6 is 0 Å². The highest BCUT2D eigenvalue weighted by Gasteiger charge is 2.29. The summed E-state index contributed by atoms with van der Waals surface area (Å²) in [5, 5.41) is 0. The van der Waals surface area contributed by atoms with Crippen LogP contribution in [0.1, 0.15) is 32.6 Å². The van der Waals surface area contributed by atoms with Crippen molar-refractivity contribution in [3.05, 3.63) is 11.6 Å². The first kappa shape index (κ1) is 14.1. The van der Waals surface area contributed by atoms with E-state index in [2.05, 4.69) is 43.5 Å². The number of hydrogen-bond donors (Lipinski definition) is 0. The Balaban J connectivity index is 2.81. The van der Waals surface area contributed by atoms with Crippen molar-refractivity contribution >= 4 is 8.32 Å². The predicted octanol–water partition coefficient (Wildman–Crippen LogP) is 3.73. The molecule has 92 valence electrons. The number of terminal acetylenes is 1. The van der Waals surface area contributed by atoms with E-state index in [9.17, 15) is 0 Å². The molecule has 0 aliphatic heterocycles. The zero-order valence-electron chi connectivity index (χ0n) is 11.4. The lowest BCUT2D eigenvalue weighted by atomic mass is 10.0. The molecular weight excluding hydrogens is 224 g/mol. The van der Waals surface area contributed by atoms with Crippen molar-refractivity contribution < 1.29 is 4.43 Å². The maximum Gasteiger partial charge on any atom is 0.185 e. The highest BCUT2D eigenvalue weighted by molar-refractivity contribution is 6.69. The zero-order valence-corrected chi connectivity index (χ0v) is 12.4. The van der Waals surface area contributed by atoms with Gasteiger partial charge in [0.25, 0.3) is 0 Å². The third-order valence-electron chi connectivity index (χ3n) is 2.50. The fourth-order valence-electron chi connectivity index (χ4n) is 1.97. The van der Waals surface area contributed by atoms with Gasteiger partial charge in [-0.05, 0) is 51.4 Å². The Kier molecular flexibility index (Phi) is 4.63. The molecule has 0 N–H and O–H groups in total. The molecule has 0 spiro atoms. The molecule has 1 atom stereocenters. The van der Waals surface area contributed by atoms with Crippen molar-refractivity contribution in [3.63, 3.8) is 0 Å². The Hall–Kier alpha value is -0.963. The molecule has 0 saturated heterocycles. The van der Waals surface area contributed by atoms with Gasteiger partial charge in [-0.1, -0.05) is 17.9 Å². The van der Waals surface area contributed by atoms with Crippen molar-refractivity contribution in [2.75, 3.05) is 0 Å². The molecule has 1 aliphatic carbocycles. The van der Waals surface area contributed by atoms with E-state index < -0.39 is 13.9 Å². The largest absolute Gasteiger partial charge is 0.401 e. The van der Waals surface area contributed by atoms with Crippen LogP contribution in [0.15, 0.2) is 11.6 Å². The van der Waals surface area contributed by atoms with Crippen LogP contribution in [0.3, 0.4) is 0 Å². The molecule has 0 aromatic carbocycles. The summed E-state index contributed by atoms with van der Waals surface area (Å²) in [6.07, 6.45) is 11.7. The molecule has 0 saturated carbocycles. The van der Waals surface area contributed by atoms with Crippen molar-refractivity contribution in [2.24, 2.45) is 0 Å². The van der Waals surface area contributed by atoms with Gasteiger partial charge in [0.15, 0.2) is 8.32 Å². The van der Waals surface area contributed by atoms with Gasteiger partial charge in [-0.2, -0.15) is 0 Å². The van der Waals surface area contributed by atoms with Gasteiger partial charge >= 0.3 is 0 Å². The van der Waals surface area contributed by atoms with Gasteiger partial charge < -0.3 is 4.43 Å². The maximum absolute atomic E-state index is 6.12. The SMILES string of the molecule is C#CC[C@@](C)(C#CC1=CCCC1)O[Si](C)(C)C. The van der Waals surface area contributed by atoms with E-state index in [4.69, 9.17) is 10.8 Å². The molecule has 0 fully saturated rings. The zero-order chi connectivity index (χ0) is 12.9. The van der Waals surface area contributed by atoms with Crippen LogP contribution in [-0.4, -0.2) is 13.9 Å². The fourth-order valence-corrected chi connectivity index (χ4v) is 3.45. The molecule has 1 aliphatic rings. The maximum atomic E-state index is 6.12. The molecule has 0 unspecified atom stereocenters. The normalized spacial score (nSPS) is 18.6. The van der Waals surface area contributed by atoms with Gasteiger partial charge in [0, 0.05) is 6.42 Å². The van der Waals surface area contributed by atoms with Gasteiger partial charge in [-0.25, -0.2) is 0 Å². The third-order valence-corrected chi connectivity index (χ3v) is 3.56. The van der Waals surface area contributed by atoms with E-state index in [1.165, 1.54) is 12.0 Å². The molecule has 1 nitrogen and oxygen atoms in total. The molecule has 1 rings (SSSR count). The molecule has 0 heterocycles. The van der Waals surface area contributed by atoms with E-state index in [1.807, 2.05) is 6.92 Å². The minimum absolute atomic E-state index is 0.483. The number of hydrogen-bond acceptors (Lipinski definition) is 1. The average Bonchev–Trinajstić information content (AvgIpc) is 2.64. The van der Waals surface area contributed by atoms with Crippen molar-refractivity contribution in [2.45, 2.75) is 57.8 Å². The first-order chi connectivity index (χ1) is 7.85. The van der Waals surface area contributed by atoms with Crippen LogP contribution in [-0.2, 0) is 4.43 Å². The van der Waals surface area contributed by atoms with Crippen LogP contribution in [0.5, 0.6) is 0 Å². The second-order valence-corrected chi connectivity index (χ2v) is 10.1. The minimum atomic E-state index is -1.62. The monoisotopic (exact) mass is 246 g/mol. The summed E-state index contributed by atoms with van der Waals surface area (Å²) in [6, 6.07) is 0. The Morgan fingerprint density at radius 3 is 2.65 bits per heavy atom. The van der Waals surface area contributed by atoms with E-state index in [-0.39, 0.29) is 0 Å². The van der Waals surface area contributed by atoms with E-state index >= 15 is 0 Å². The lowest BCUT2D eigenvalue weighted by molar-refractivity contribution is 0.149. The van der Waals surface area contributed by atoms with E-state index in [0.717, 1.165) is 12.8 Å². The average molecular weight is 246 g/mol. The molecule has 0 amide bonds. The van der Waals surface area contributed by atoms with Gasteiger partial charge in [0.2, 0.25) is 0 Å². The molecule has 2 heteroatoms. The molecule has 17 heavy (non-hydrogen) atoms. The molecule has 0 radical (unpaired) electrons. The highest BCUT2D eigenvalue weighted by Crippen LogP contribution is 2.22. The van der Waals surface area contributed by atoms with Crippen molar-refractivity contribution in [1.29, 1.82) is 0 Å². The lowest BCUT2D eigenvalue weighted by Crippen LogP contribution is -2.39. The summed E-state index contributed by atoms with van der Waals surface area (Å²) >= 11 is 0. The second kappa shape index (κ2) is 5.58. The topological polar surface area (TPSA) is 9.23 Å². The summed E-state index contributed by atoms with van der Waals surface area (Å²) < 4.78 is 6.12. The minimum Gasteiger partial charge on any atom is -0.401 e. The van der Waals surface area contributed by atoms with Gasteiger partial charge in [0.05, 0.1) is 0 Å². The number of rotatable bonds is 3. The summed E-state index contributed by atoms with van der Waals surface area (Å²) in [5.41, 5.74) is 0.760. The van der Waals surface area contributed by atoms with E-state index in [1.54, 1.807) is 0 Å². The van der Waals surface area contributed by atoms with Gasteiger partial charge in [0.1, 0.15) is 5.60 Å².